The molecule has 0 spiro atoms. The average molecular weight is 268 g/mol. The molecule has 1 N–H and O–H groups in total. The van der Waals surface area contributed by atoms with Gasteiger partial charge in [-0.3, -0.25) is 0 Å². The van der Waals surface area contributed by atoms with Gasteiger partial charge in [0.2, 0.25) is 5.95 Å². The lowest BCUT2D eigenvalue weighted by Gasteiger charge is -2.17. The molecule has 4 heteroatoms. The lowest BCUT2D eigenvalue weighted by Crippen LogP contribution is -2.17. The Morgan fingerprint density at radius 3 is 2.40 bits per heavy atom. The molecule has 1 aliphatic rings. The number of hydrogen-bond donors (Lipinski definition) is 1. The van der Waals surface area contributed by atoms with E-state index < -0.39 is 0 Å². The van der Waals surface area contributed by atoms with Gasteiger partial charge in [-0.2, -0.15) is 0 Å². The summed E-state index contributed by atoms with van der Waals surface area (Å²) in [5.41, 5.74) is 3.49. The molecule has 0 amide bonds. The molecule has 1 aromatic carbocycles. The van der Waals surface area contributed by atoms with Crippen molar-refractivity contribution < 1.29 is 0 Å². The van der Waals surface area contributed by atoms with Crippen molar-refractivity contribution in [2.45, 2.75) is 32.4 Å². The maximum Gasteiger partial charge on any atom is 0.229 e. The third-order valence-corrected chi connectivity index (χ3v) is 3.59. The van der Waals surface area contributed by atoms with Crippen LogP contribution in [0.4, 0.5) is 11.6 Å². The van der Waals surface area contributed by atoms with E-state index in [1.54, 1.807) is 0 Å². The van der Waals surface area contributed by atoms with Gasteiger partial charge in [0.15, 0.2) is 0 Å². The highest BCUT2D eigenvalue weighted by molar-refractivity contribution is 5.56. The first-order chi connectivity index (χ1) is 9.72. The molecule has 104 valence electrons. The normalized spacial score (nSPS) is 14.3. The number of nitrogens with zero attached hydrogens (tertiary/aromatic N) is 3. The van der Waals surface area contributed by atoms with Gasteiger partial charge in [0.05, 0.1) is 0 Å². The van der Waals surface area contributed by atoms with Gasteiger partial charge >= 0.3 is 0 Å². The summed E-state index contributed by atoms with van der Waals surface area (Å²) in [5.74, 6) is 0.726. The minimum Gasteiger partial charge on any atom is -0.314 e. The summed E-state index contributed by atoms with van der Waals surface area (Å²) < 4.78 is 0. The number of rotatable bonds is 5. The Balaban J connectivity index is 1.67. The third kappa shape index (κ3) is 3.14. The molecule has 0 radical (unpaired) electrons. The van der Waals surface area contributed by atoms with Crippen LogP contribution in [0.1, 0.15) is 24.0 Å². The maximum atomic E-state index is 4.45. The molecule has 0 aliphatic heterocycles. The molecule has 0 bridgehead atoms. The topological polar surface area (TPSA) is 41.1 Å². The van der Waals surface area contributed by atoms with Crippen LogP contribution < -0.4 is 10.2 Å². The van der Waals surface area contributed by atoms with E-state index >= 15 is 0 Å². The van der Waals surface area contributed by atoms with Crippen molar-refractivity contribution in [1.82, 2.24) is 15.3 Å². The molecule has 1 aromatic heterocycles. The van der Waals surface area contributed by atoms with Crippen molar-refractivity contribution in [3.63, 3.8) is 0 Å². The van der Waals surface area contributed by atoms with Crippen LogP contribution in [0.2, 0.25) is 0 Å². The van der Waals surface area contributed by atoms with Crippen LogP contribution in [-0.2, 0) is 6.54 Å². The first-order valence-corrected chi connectivity index (χ1v) is 7.07. The number of benzene rings is 1. The number of nitrogens with one attached hydrogen (secondary N) is 1. The van der Waals surface area contributed by atoms with Gasteiger partial charge in [0.25, 0.3) is 0 Å². The van der Waals surface area contributed by atoms with E-state index in [-0.39, 0.29) is 0 Å². The number of aromatic nitrogens is 2. The van der Waals surface area contributed by atoms with Crippen molar-refractivity contribution >= 4 is 11.6 Å². The summed E-state index contributed by atoms with van der Waals surface area (Å²) in [7, 11) is 1.99. The first kappa shape index (κ1) is 13.1. The van der Waals surface area contributed by atoms with Crippen molar-refractivity contribution in [3.05, 3.63) is 47.8 Å². The van der Waals surface area contributed by atoms with Gasteiger partial charge in [-0.15, -0.1) is 0 Å². The highest BCUT2D eigenvalue weighted by Gasteiger charge is 2.20. The monoisotopic (exact) mass is 268 g/mol. The molecule has 1 saturated carbocycles. The second kappa shape index (κ2) is 5.59. The van der Waals surface area contributed by atoms with Crippen LogP contribution in [0.15, 0.2) is 36.7 Å². The quantitative estimate of drug-likeness (QED) is 0.905. The minimum atomic E-state index is 0.713. The molecule has 3 rings (SSSR count). The van der Waals surface area contributed by atoms with Gasteiger partial charge in [0, 0.05) is 43.3 Å². The van der Waals surface area contributed by atoms with E-state index in [1.807, 2.05) is 24.3 Å². The molecule has 1 fully saturated rings. The Labute approximate surface area is 119 Å². The average Bonchev–Trinajstić information content (AvgIpc) is 3.30. The summed E-state index contributed by atoms with van der Waals surface area (Å²) >= 11 is 0. The fourth-order valence-corrected chi connectivity index (χ4v) is 2.05. The second-order valence-corrected chi connectivity index (χ2v) is 5.44. The van der Waals surface area contributed by atoms with E-state index in [9.17, 15) is 0 Å². The molecule has 2 aromatic rings. The third-order valence-electron chi connectivity index (χ3n) is 3.59. The Morgan fingerprint density at radius 2 is 1.80 bits per heavy atom. The molecular formula is C16H20N4. The summed E-state index contributed by atoms with van der Waals surface area (Å²) in [6.45, 7) is 2.95. The lowest BCUT2D eigenvalue weighted by atomic mass is 10.2. The smallest absolute Gasteiger partial charge is 0.229 e. The summed E-state index contributed by atoms with van der Waals surface area (Å²) in [6.07, 6.45) is 6.41. The van der Waals surface area contributed by atoms with Gasteiger partial charge in [-0.25, -0.2) is 9.97 Å². The van der Waals surface area contributed by atoms with Crippen LogP contribution in [0.3, 0.4) is 0 Å². The Hall–Kier alpha value is -1.94. The van der Waals surface area contributed by atoms with E-state index in [2.05, 4.69) is 46.5 Å². The molecule has 1 heterocycles. The first-order valence-electron chi connectivity index (χ1n) is 7.07. The highest BCUT2D eigenvalue weighted by Crippen LogP contribution is 2.21. The summed E-state index contributed by atoms with van der Waals surface area (Å²) in [5, 5.41) is 3.47. The molecular weight excluding hydrogens is 248 g/mol. The fourth-order valence-electron chi connectivity index (χ4n) is 2.05. The predicted octanol–water partition coefficient (Wildman–Crippen LogP) is 2.80. The van der Waals surface area contributed by atoms with Crippen molar-refractivity contribution in [2.75, 3.05) is 11.9 Å². The van der Waals surface area contributed by atoms with Crippen LogP contribution in [0.25, 0.3) is 0 Å². The highest BCUT2D eigenvalue weighted by atomic mass is 15.2. The standard InChI is InChI=1S/C16H20N4/c1-12-3-7-15(8-4-12)20(2)16-18-10-13(11-19-16)9-17-14-5-6-14/h3-4,7-8,10-11,14,17H,5-6,9H2,1-2H3. The van der Waals surface area contributed by atoms with Gasteiger partial charge in [-0.05, 0) is 31.9 Å². The SMILES string of the molecule is Cc1ccc(N(C)c2ncc(CNC3CC3)cn2)cc1. The summed E-state index contributed by atoms with van der Waals surface area (Å²) in [4.78, 5) is 10.9. The van der Waals surface area contributed by atoms with E-state index in [4.69, 9.17) is 0 Å². The Kier molecular flexibility index (Phi) is 3.65. The zero-order chi connectivity index (χ0) is 13.9. The molecule has 20 heavy (non-hydrogen) atoms. The van der Waals surface area contributed by atoms with Crippen LogP contribution in [-0.4, -0.2) is 23.1 Å². The van der Waals surface area contributed by atoms with Crippen LogP contribution in [0, 0.1) is 6.92 Å². The molecule has 0 atom stereocenters. The number of anilines is 2. The zero-order valence-corrected chi connectivity index (χ0v) is 12.0. The van der Waals surface area contributed by atoms with E-state index in [0.29, 0.717) is 6.04 Å². The molecule has 1 aliphatic carbocycles. The molecule has 0 unspecified atom stereocenters. The number of aryl methyl sites for hydroxylation is 1. The van der Waals surface area contributed by atoms with Gasteiger partial charge in [-0.1, -0.05) is 17.7 Å². The molecule has 0 saturated heterocycles. The number of hydrogen-bond acceptors (Lipinski definition) is 4. The minimum absolute atomic E-state index is 0.713. The lowest BCUT2D eigenvalue weighted by molar-refractivity contribution is 0.683. The van der Waals surface area contributed by atoms with Gasteiger partial charge < -0.3 is 10.2 Å². The Morgan fingerprint density at radius 1 is 1.15 bits per heavy atom. The Bertz CT molecular complexity index is 558. The summed E-state index contributed by atoms with van der Waals surface area (Å²) in [6, 6.07) is 9.08. The van der Waals surface area contributed by atoms with E-state index in [0.717, 1.165) is 23.7 Å². The van der Waals surface area contributed by atoms with Gasteiger partial charge in [0.1, 0.15) is 0 Å². The van der Waals surface area contributed by atoms with E-state index in [1.165, 1.54) is 18.4 Å². The fraction of sp³-hybridized carbons (Fsp3) is 0.375. The predicted molar refractivity (Wildman–Crippen MR) is 81.1 cm³/mol. The second-order valence-electron chi connectivity index (χ2n) is 5.44. The van der Waals surface area contributed by atoms with Crippen LogP contribution in [0.5, 0.6) is 0 Å². The van der Waals surface area contributed by atoms with Crippen molar-refractivity contribution in [2.24, 2.45) is 0 Å². The largest absolute Gasteiger partial charge is 0.314 e. The zero-order valence-electron chi connectivity index (χ0n) is 12.0. The maximum absolute atomic E-state index is 4.45. The molecule has 4 nitrogen and oxygen atoms in total. The van der Waals surface area contributed by atoms with Crippen LogP contribution >= 0.6 is 0 Å². The van der Waals surface area contributed by atoms with Crippen molar-refractivity contribution in [3.8, 4) is 0 Å². The van der Waals surface area contributed by atoms with Crippen molar-refractivity contribution in [1.29, 1.82) is 0 Å².